The number of aromatic nitrogens is 4. The van der Waals surface area contributed by atoms with Gasteiger partial charge in [0.15, 0.2) is 11.9 Å². The van der Waals surface area contributed by atoms with Crippen molar-refractivity contribution in [1.29, 1.82) is 5.26 Å². The average Bonchev–Trinajstić information content (AvgIpc) is 3.31. The van der Waals surface area contributed by atoms with Crippen LogP contribution in [0.25, 0.3) is 11.2 Å². The summed E-state index contributed by atoms with van der Waals surface area (Å²) in [4.78, 5) is 24.2. The van der Waals surface area contributed by atoms with Gasteiger partial charge in [-0.2, -0.15) is 5.26 Å². The molecule has 3 aliphatic rings. The third kappa shape index (κ3) is 4.46. The first-order valence-electron chi connectivity index (χ1n) is 14.0. The summed E-state index contributed by atoms with van der Waals surface area (Å²) in [6.45, 7) is 1.65. The predicted octanol–water partition coefficient (Wildman–Crippen LogP) is 5.78. The van der Waals surface area contributed by atoms with Crippen molar-refractivity contribution in [2.45, 2.75) is 69.6 Å². The fourth-order valence-corrected chi connectivity index (χ4v) is 6.57. The Bertz CT molecular complexity index is 1620. The number of nitriles is 1. The number of rotatable bonds is 8. The Morgan fingerprint density at radius 2 is 2.05 bits per heavy atom. The molecular weight excluding hydrogens is 509 g/mol. The highest BCUT2D eigenvalue weighted by Gasteiger charge is 2.57. The summed E-state index contributed by atoms with van der Waals surface area (Å²) in [6, 6.07) is 14.0. The van der Waals surface area contributed by atoms with Crippen LogP contribution < -0.4 is 4.74 Å². The maximum atomic E-state index is 14.2. The summed E-state index contributed by atoms with van der Waals surface area (Å²) in [5.74, 6) is 1.93. The molecule has 1 aromatic carbocycles. The van der Waals surface area contributed by atoms with Gasteiger partial charge in [-0.15, -0.1) is 0 Å². The Hall–Kier alpha value is -4.03. The number of nitrogens with one attached hydrogen (secondary N) is 1. The van der Waals surface area contributed by atoms with Crippen LogP contribution in [0.5, 0.6) is 5.88 Å². The predicted molar refractivity (Wildman–Crippen MR) is 145 cm³/mol. The molecule has 4 heterocycles. The summed E-state index contributed by atoms with van der Waals surface area (Å²) in [6.07, 6.45) is 7.58. The summed E-state index contributed by atoms with van der Waals surface area (Å²) in [7, 11) is 0. The highest BCUT2D eigenvalue weighted by atomic mass is 19.1. The smallest absolute Gasteiger partial charge is 0.213 e. The van der Waals surface area contributed by atoms with Crippen molar-refractivity contribution in [3.8, 4) is 11.9 Å². The zero-order valence-electron chi connectivity index (χ0n) is 22.1. The number of fused-ring (bicyclic) bond motifs is 1. The minimum atomic E-state index is -0.450. The van der Waals surface area contributed by atoms with E-state index in [4.69, 9.17) is 24.7 Å². The number of imidazole rings is 1. The molecule has 9 heteroatoms. The van der Waals surface area contributed by atoms with Gasteiger partial charge in [0, 0.05) is 35.8 Å². The van der Waals surface area contributed by atoms with Gasteiger partial charge in [0.05, 0.1) is 35.5 Å². The SMILES string of the molecule is N#Cc1ccc(COc2cccc(C3CCC4(CC3)CC4c3nc4[nH]c(C=O)cc4n3CC3CCO3)n2)c(F)c1. The molecule has 2 saturated carbocycles. The lowest BCUT2D eigenvalue weighted by Gasteiger charge is -2.30. The molecule has 204 valence electrons. The number of carbonyl (C=O) groups is 1. The maximum absolute atomic E-state index is 14.2. The van der Waals surface area contributed by atoms with Crippen molar-refractivity contribution in [2.75, 3.05) is 6.61 Å². The van der Waals surface area contributed by atoms with Gasteiger partial charge in [-0.25, -0.2) is 14.4 Å². The first kappa shape index (κ1) is 25.0. The standard InChI is InChI=1S/C31H30FN5O3/c32-25-12-19(15-33)4-5-21(25)18-40-28-3-1-2-26(35-28)20-6-9-31(10-7-20)14-24(31)30-36-29-27(13-22(17-38)34-29)37(30)16-23-8-11-39-23/h1-5,12-13,17,20,23-24,34H,6-11,14,16,18H2. The normalized spacial score (nSPS) is 25.4. The van der Waals surface area contributed by atoms with Crippen LogP contribution in [0.3, 0.4) is 0 Å². The lowest BCUT2D eigenvalue weighted by molar-refractivity contribution is -0.0590. The van der Waals surface area contributed by atoms with E-state index in [0.29, 0.717) is 29.0 Å². The maximum Gasteiger partial charge on any atom is 0.213 e. The van der Waals surface area contributed by atoms with Gasteiger partial charge < -0.3 is 19.0 Å². The molecule has 2 unspecified atom stereocenters. The molecule has 40 heavy (non-hydrogen) atoms. The molecule has 3 fully saturated rings. The van der Waals surface area contributed by atoms with Gasteiger partial charge >= 0.3 is 0 Å². The second-order valence-electron chi connectivity index (χ2n) is 11.4. The lowest BCUT2D eigenvalue weighted by Crippen LogP contribution is -2.31. The number of H-pyrrole nitrogens is 1. The first-order chi connectivity index (χ1) is 19.5. The monoisotopic (exact) mass is 539 g/mol. The van der Waals surface area contributed by atoms with Crippen molar-refractivity contribution in [1.82, 2.24) is 19.5 Å². The molecule has 8 nitrogen and oxygen atoms in total. The lowest BCUT2D eigenvalue weighted by atomic mass is 9.77. The van der Waals surface area contributed by atoms with Crippen LogP contribution in [-0.2, 0) is 17.9 Å². The van der Waals surface area contributed by atoms with Gasteiger partial charge in [-0.3, -0.25) is 4.79 Å². The highest BCUT2D eigenvalue weighted by Crippen LogP contribution is 2.67. The van der Waals surface area contributed by atoms with Gasteiger partial charge in [0.2, 0.25) is 5.88 Å². The Morgan fingerprint density at radius 3 is 2.77 bits per heavy atom. The van der Waals surface area contributed by atoms with E-state index >= 15 is 0 Å². The van der Waals surface area contributed by atoms with Crippen molar-refractivity contribution in [3.05, 3.63) is 76.6 Å². The zero-order chi connectivity index (χ0) is 27.3. The van der Waals surface area contributed by atoms with Crippen LogP contribution in [0.15, 0.2) is 42.5 Å². The average molecular weight is 540 g/mol. The minimum absolute atomic E-state index is 0.0599. The number of nitrogens with zero attached hydrogens (tertiary/aromatic N) is 4. The molecule has 1 spiro atoms. The molecule has 3 aromatic heterocycles. The largest absolute Gasteiger partial charge is 0.473 e. The highest BCUT2D eigenvalue weighted by molar-refractivity contribution is 5.84. The van der Waals surface area contributed by atoms with E-state index in [1.165, 1.54) is 6.07 Å². The fourth-order valence-electron chi connectivity index (χ4n) is 6.57. The van der Waals surface area contributed by atoms with Gasteiger partial charge in [0.25, 0.3) is 0 Å². The quantitative estimate of drug-likeness (QED) is 0.285. The van der Waals surface area contributed by atoms with E-state index in [9.17, 15) is 9.18 Å². The molecule has 0 radical (unpaired) electrons. The first-order valence-corrected chi connectivity index (χ1v) is 14.0. The Kier molecular flexibility index (Phi) is 6.16. The van der Waals surface area contributed by atoms with Crippen LogP contribution in [0.2, 0.25) is 0 Å². The molecule has 1 aliphatic heterocycles. The molecule has 0 bridgehead atoms. The molecule has 7 rings (SSSR count). The van der Waals surface area contributed by atoms with Crippen LogP contribution >= 0.6 is 0 Å². The molecule has 2 atom stereocenters. The van der Waals surface area contributed by atoms with Crippen molar-refractivity contribution in [2.24, 2.45) is 5.41 Å². The third-order valence-electron chi connectivity index (χ3n) is 9.10. The van der Waals surface area contributed by atoms with E-state index in [1.54, 1.807) is 18.2 Å². The second-order valence-corrected chi connectivity index (χ2v) is 11.4. The van der Waals surface area contributed by atoms with E-state index in [-0.39, 0.29) is 23.7 Å². The molecule has 1 N–H and O–H groups in total. The molecule has 0 amide bonds. The Balaban J connectivity index is 1.02. The number of halogens is 1. The molecule has 1 saturated heterocycles. The van der Waals surface area contributed by atoms with Crippen molar-refractivity contribution >= 4 is 17.5 Å². The van der Waals surface area contributed by atoms with Crippen molar-refractivity contribution < 1.29 is 18.7 Å². The zero-order valence-corrected chi connectivity index (χ0v) is 22.1. The van der Waals surface area contributed by atoms with Gasteiger partial charge in [-0.05, 0) is 68.2 Å². The van der Waals surface area contributed by atoms with E-state index in [0.717, 1.165) is 80.6 Å². The van der Waals surface area contributed by atoms with E-state index in [2.05, 4.69) is 15.6 Å². The number of ether oxygens (including phenoxy) is 2. The number of benzene rings is 1. The Labute approximate surface area is 231 Å². The van der Waals surface area contributed by atoms with Gasteiger partial charge in [0.1, 0.15) is 18.2 Å². The molecule has 4 aromatic rings. The molecule has 2 aliphatic carbocycles. The number of aldehydes is 1. The summed E-state index contributed by atoms with van der Waals surface area (Å²) < 4.78 is 28.1. The number of hydrogen-bond donors (Lipinski definition) is 1. The minimum Gasteiger partial charge on any atom is -0.473 e. The summed E-state index contributed by atoms with van der Waals surface area (Å²) >= 11 is 0. The third-order valence-corrected chi connectivity index (χ3v) is 9.10. The fraction of sp³-hybridized carbons (Fsp3) is 0.419. The van der Waals surface area contributed by atoms with Crippen LogP contribution in [-0.4, -0.2) is 38.5 Å². The summed E-state index contributed by atoms with van der Waals surface area (Å²) in [5, 5.41) is 8.94. The summed E-state index contributed by atoms with van der Waals surface area (Å²) in [5.41, 5.74) is 4.30. The van der Waals surface area contributed by atoms with Crippen LogP contribution in [0.4, 0.5) is 4.39 Å². The number of carbonyl (C=O) groups excluding carboxylic acids is 1. The number of hydrogen-bond acceptors (Lipinski definition) is 6. The number of aromatic amines is 1. The van der Waals surface area contributed by atoms with Crippen LogP contribution in [0, 0.1) is 22.6 Å². The van der Waals surface area contributed by atoms with Gasteiger partial charge in [-0.1, -0.05) is 12.1 Å². The van der Waals surface area contributed by atoms with Crippen LogP contribution in [0.1, 0.15) is 83.5 Å². The molecular formula is C31H30FN5O3. The van der Waals surface area contributed by atoms with E-state index in [1.807, 2.05) is 18.2 Å². The second kappa shape index (κ2) is 9.86. The van der Waals surface area contributed by atoms with E-state index < -0.39 is 5.82 Å². The Morgan fingerprint density at radius 1 is 1.20 bits per heavy atom. The number of pyridine rings is 1. The topological polar surface area (TPSA) is 106 Å². The van der Waals surface area contributed by atoms with Crippen molar-refractivity contribution in [3.63, 3.8) is 0 Å².